The second-order valence-corrected chi connectivity index (χ2v) is 9.94. The largest absolute Gasteiger partial charge is 3.00 e. The van der Waals surface area contributed by atoms with Crippen LogP contribution in [0.5, 0.6) is 0 Å². The average Bonchev–Trinajstić information content (AvgIpc) is 2.98. The molecule has 0 aliphatic rings. The Balaban J connectivity index is 0. The summed E-state index contributed by atoms with van der Waals surface area (Å²) in [4.78, 5) is 43.2. The van der Waals surface area contributed by atoms with E-state index in [-0.39, 0.29) is 38.6 Å². The second-order valence-electron chi connectivity index (χ2n) is 8.03. The van der Waals surface area contributed by atoms with Gasteiger partial charge in [-0.3, -0.25) is 20.0 Å². The molecule has 0 atom stereocenters. The molecule has 4 aromatic heterocycles. The number of aromatic nitrogens is 4. The molecule has 0 saturated carbocycles. The van der Waals surface area contributed by atoms with Crippen molar-refractivity contribution < 1.29 is 74.0 Å². The summed E-state index contributed by atoms with van der Waals surface area (Å²) in [5, 5.41) is 36.8. The fourth-order valence-corrected chi connectivity index (χ4v) is 2.79. The molecule has 4 heterocycles. The maximum absolute atomic E-state index is 10.7. The zero-order chi connectivity index (χ0) is 36.7. The number of pyridine rings is 4. The van der Waals surface area contributed by atoms with Crippen LogP contribution in [0.15, 0.2) is 95.2 Å². The summed E-state index contributed by atoms with van der Waals surface area (Å²) < 4.78 is 59.2. The van der Waals surface area contributed by atoms with Gasteiger partial charge in [0.2, 0.25) is 0 Å². The van der Waals surface area contributed by atoms with Gasteiger partial charge in [0.1, 0.15) is 0 Å². The van der Waals surface area contributed by atoms with Crippen molar-refractivity contribution in [3.63, 3.8) is 0 Å². The van der Waals surface area contributed by atoms with Crippen LogP contribution in [-0.4, -0.2) is 55.6 Å². The molecule has 264 valence electrons. The smallest absolute Gasteiger partial charge is 0.356 e. The Bertz CT molecular complexity index is 1570. The summed E-state index contributed by atoms with van der Waals surface area (Å²) in [6.07, 6.45) is 7.05. The normalized spacial score (nSPS) is 11.4. The van der Waals surface area contributed by atoms with Crippen molar-refractivity contribution >= 4 is 20.2 Å². The molecular formula is C26H23F6N9O6PTb. The summed E-state index contributed by atoms with van der Waals surface area (Å²) in [5.41, 5.74) is 4.95. The van der Waals surface area contributed by atoms with E-state index in [0.717, 1.165) is 34.2 Å². The number of nitriles is 1. The molecule has 0 aliphatic heterocycles. The SMILES string of the molecule is C(=NCCN=Cc1cccc(-c2ccccn2)n1)c1cccc(-c2ccccn2)n1.CC#N.F[P-](F)(F)(F)(F)F.O=[N+]([O-])[O-].O=[N+]([O-])[O-].[Tb+3]. The average molecular weight is 861 g/mol. The van der Waals surface area contributed by atoms with Crippen molar-refractivity contribution in [2.45, 2.75) is 6.92 Å². The Kier molecular flexibility index (Phi) is 20.7. The fourth-order valence-electron chi connectivity index (χ4n) is 2.79. The molecule has 0 bridgehead atoms. The van der Waals surface area contributed by atoms with Crippen LogP contribution in [0.1, 0.15) is 18.3 Å². The quantitative estimate of drug-likeness (QED) is 0.0439. The van der Waals surface area contributed by atoms with Crippen molar-refractivity contribution in [2.75, 3.05) is 13.1 Å². The molecule has 4 rings (SSSR count). The van der Waals surface area contributed by atoms with E-state index in [4.69, 9.17) is 35.9 Å². The minimum absolute atomic E-state index is 0. The standard InChI is InChI=1S/C24H20N6.C2H3N.F6P.2NO3.Tb/c1-3-13-27-21(9-1)23-11-5-7-19(29-23)17-25-15-16-26-18-20-8-6-12-24(30-20)22-10-2-4-14-28-22;1-2-3;1-7(2,3,4,5)6;2*2-1(3)4;/h1-14,17-18H,15-16H2;1H3;;;;/q;;3*-1;+3. The minimum Gasteiger partial charge on any atom is -0.356 e. The monoisotopic (exact) mass is 861 g/mol. The molecule has 0 aliphatic carbocycles. The van der Waals surface area contributed by atoms with Crippen LogP contribution in [0, 0.1) is 80.6 Å². The number of halogens is 6. The van der Waals surface area contributed by atoms with Gasteiger partial charge in [-0.25, -0.2) is 9.97 Å². The summed E-state index contributed by atoms with van der Waals surface area (Å²) in [6.45, 7) is 2.58. The van der Waals surface area contributed by atoms with E-state index >= 15 is 0 Å². The first-order chi connectivity index (χ1) is 22.2. The topological polar surface area (TPSA) is 232 Å². The van der Waals surface area contributed by atoms with Crippen LogP contribution in [0.2, 0.25) is 0 Å². The zero-order valence-corrected chi connectivity index (χ0v) is 27.7. The molecule has 23 heteroatoms. The maximum Gasteiger partial charge on any atom is 3.00 e. The molecule has 0 amide bonds. The minimum atomic E-state index is -10.7. The molecule has 0 spiro atoms. The van der Waals surface area contributed by atoms with Crippen LogP contribution < -0.4 is 0 Å². The van der Waals surface area contributed by atoms with Crippen molar-refractivity contribution in [3.8, 4) is 28.8 Å². The Morgan fingerprint density at radius 2 is 0.959 bits per heavy atom. The van der Waals surface area contributed by atoms with Crippen molar-refractivity contribution in [3.05, 3.63) is 127 Å². The fraction of sp³-hybridized carbons (Fsp3) is 0.115. The van der Waals surface area contributed by atoms with E-state index in [2.05, 4.69) is 29.9 Å². The van der Waals surface area contributed by atoms with Gasteiger partial charge >= 0.3 is 71.6 Å². The predicted molar refractivity (Wildman–Crippen MR) is 165 cm³/mol. The summed E-state index contributed by atoms with van der Waals surface area (Å²) in [6, 6.07) is 24.9. The molecule has 0 N–H and O–H groups in total. The number of rotatable bonds is 7. The second kappa shape index (κ2) is 21.9. The molecule has 0 fully saturated rings. The zero-order valence-electron chi connectivity index (χ0n) is 24.7. The Morgan fingerprint density at radius 1 is 0.673 bits per heavy atom. The maximum atomic E-state index is 9.87. The third kappa shape index (κ3) is 31.5. The van der Waals surface area contributed by atoms with E-state index < -0.39 is 18.0 Å². The van der Waals surface area contributed by atoms with E-state index in [1.165, 1.54) is 6.92 Å². The predicted octanol–water partition coefficient (Wildman–Crippen LogP) is 7.57. The third-order valence-corrected chi connectivity index (χ3v) is 4.20. The van der Waals surface area contributed by atoms with E-state index in [1.807, 2.05) is 72.8 Å². The molecule has 15 nitrogen and oxygen atoms in total. The van der Waals surface area contributed by atoms with Crippen LogP contribution in [-0.2, 0) is 0 Å². The van der Waals surface area contributed by atoms with Crippen molar-refractivity contribution in [1.82, 2.24) is 19.9 Å². The molecule has 4 aromatic rings. The van der Waals surface area contributed by atoms with Gasteiger partial charge in [0.25, 0.3) is 0 Å². The number of hydrogen-bond acceptors (Lipinski definition) is 13. The first kappa shape index (κ1) is 46.2. The number of aliphatic imine (C=N–C) groups is 2. The van der Waals surface area contributed by atoms with Gasteiger partial charge in [-0.15, -0.1) is 0 Å². The van der Waals surface area contributed by atoms with E-state index in [1.54, 1.807) is 30.9 Å². The van der Waals surface area contributed by atoms with Gasteiger partial charge in [-0.05, 0) is 48.5 Å². The molecule has 0 unspecified atom stereocenters. The molecule has 49 heavy (non-hydrogen) atoms. The van der Waals surface area contributed by atoms with Crippen LogP contribution >= 0.6 is 7.81 Å². The van der Waals surface area contributed by atoms with Gasteiger partial charge in [-0.1, -0.05) is 24.3 Å². The first-order valence-corrected chi connectivity index (χ1v) is 14.5. The van der Waals surface area contributed by atoms with Gasteiger partial charge in [0.15, 0.2) is 0 Å². The van der Waals surface area contributed by atoms with Crippen LogP contribution in [0.25, 0.3) is 22.8 Å². The molecular weight excluding hydrogens is 838 g/mol. The summed E-state index contributed by atoms with van der Waals surface area (Å²) >= 11 is 0. The number of nitrogens with zero attached hydrogens (tertiary/aromatic N) is 9. The summed E-state index contributed by atoms with van der Waals surface area (Å²) in [5.74, 6) is 0. The van der Waals surface area contributed by atoms with Crippen molar-refractivity contribution in [2.24, 2.45) is 9.98 Å². The molecule has 0 radical (unpaired) electrons. The number of hydrogen-bond donors (Lipinski definition) is 0. The Hall–Kier alpha value is -4.87. The molecule has 0 aromatic carbocycles. The van der Waals surface area contributed by atoms with Crippen LogP contribution in [0.3, 0.4) is 0 Å². The van der Waals surface area contributed by atoms with E-state index in [0.29, 0.717) is 13.1 Å². The van der Waals surface area contributed by atoms with Gasteiger partial charge in [-0.2, -0.15) is 5.26 Å². The summed E-state index contributed by atoms with van der Waals surface area (Å²) in [7, 11) is -10.7. The molecule has 0 saturated heterocycles. The first-order valence-electron chi connectivity index (χ1n) is 12.5. The van der Waals surface area contributed by atoms with Crippen molar-refractivity contribution in [1.29, 1.82) is 5.26 Å². The van der Waals surface area contributed by atoms with Gasteiger partial charge < -0.3 is 30.6 Å². The Morgan fingerprint density at radius 3 is 1.22 bits per heavy atom. The van der Waals surface area contributed by atoms with E-state index in [9.17, 15) is 25.2 Å². The Labute approximate surface area is 304 Å². The third-order valence-electron chi connectivity index (χ3n) is 4.20. The van der Waals surface area contributed by atoms with Gasteiger partial charge in [0.05, 0.1) is 63.5 Å². The van der Waals surface area contributed by atoms with Gasteiger partial charge in [0, 0.05) is 31.7 Å². The van der Waals surface area contributed by atoms with Crippen LogP contribution in [0.4, 0.5) is 25.2 Å².